The lowest BCUT2D eigenvalue weighted by atomic mass is 10.2. The number of fused-ring (bicyclic) bond motifs is 1. The second-order valence-electron chi connectivity index (χ2n) is 7.55. The minimum atomic E-state index is -0.431. The molecular formula is C24H26BrN3O4. The van der Waals surface area contributed by atoms with Crippen LogP contribution in [-0.4, -0.2) is 34.6 Å². The molecule has 1 heterocycles. The van der Waals surface area contributed by atoms with Crippen molar-refractivity contribution in [3.8, 4) is 5.75 Å². The normalized spacial score (nSPS) is 11.4. The zero-order chi connectivity index (χ0) is 23.1. The number of ether oxygens (including phenoxy) is 2. The largest absolute Gasteiger partial charge is 0.482 e. The van der Waals surface area contributed by atoms with Gasteiger partial charge < -0.3 is 9.47 Å². The van der Waals surface area contributed by atoms with E-state index >= 15 is 0 Å². The third-order valence-corrected chi connectivity index (χ3v) is 5.03. The highest BCUT2D eigenvalue weighted by molar-refractivity contribution is 9.10. The summed E-state index contributed by atoms with van der Waals surface area (Å²) in [5.74, 6) is 0.695. The molecule has 0 aliphatic heterocycles. The van der Waals surface area contributed by atoms with E-state index in [0.29, 0.717) is 28.9 Å². The van der Waals surface area contributed by atoms with E-state index in [1.165, 1.54) is 4.68 Å². The molecule has 168 valence electrons. The highest BCUT2D eigenvalue weighted by Gasteiger charge is 2.11. The fourth-order valence-electron chi connectivity index (χ4n) is 3.06. The van der Waals surface area contributed by atoms with Gasteiger partial charge in [-0.25, -0.2) is 9.78 Å². The molecule has 0 N–H and O–H groups in total. The van der Waals surface area contributed by atoms with Crippen molar-refractivity contribution < 1.29 is 14.3 Å². The molecule has 32 heavy (non-hydrogen) atoms. The lowest BCUT2D eigenvalue weighted by Crippen LogP contribution is -2.22. The van der Waals surface area contributed by atoms with Gasteiger partial charge >= 0.3 is 5.97 Å². The van der Waals surface area contributed by atoms with Crippen LogP contribution in [0.15, 0.2) is 56.8 Å². The Morgan fingerprint density at radius 1 is 1.25 bits per heavy atom. The molecular weight excluding hydrogens is 474 g/mol. The van der Waals surface area contributed by atoms with Gasteiger partial charge in [-0.2, -0.15) is 9.78 Å². The lowest BCUT2D eigenvalue weighted by Gasteiger charge is -2.10. The molecule has 7 nitrogen and oxygen atoms in total. The standard InChI is InChI=1S/C24H26BrN3O4/c1-4-5-9-22-27-21-11-10-18(25)13-20(21)24(30)28(22)26-14-17-7-6-8-19(12-17)31-15-23(29)32-16(2)3/h6-8,10-14,16H,4-5,9,15H2,1-3H3. The summed E-state index contributed by atoms with van der Waals surface area (Å²) in [6.07, 6.45) is 3.93. The quantitative estimate of drug-likeness (QED) is 0.314. The lowest BCUT2D eigenvalue weighted by molar-refractivity contribution is -0.149. The number of aromatic nitrogens is 2. The van der Waals surface area contributed by atoms with Gasteiger partial charge in [-0.1, -0.05) is 41.4 Å². The number of nitrogens with zero attached hydrogens (tertiary/aromatic N) is 3. The van der Waals surface area contributed by atoms with E-state index in [-0.39, 0.29) is 18.3 Å². The van der Waals surface area contributed by atoms with Gasteiger partial charge in [0, 0.05) is 10.9 Å². The maximum Gasteiger partial charge on any atom is 0.344 e. The molecule has 0 radical (unpaired) electrons. The van der Waals surface area contributed by atoms with Crippen LogP contribution in [0.4, 0.5) is 0 Å². The average Bonchev–Trinajstić information content (AvgIpc) is 2.76. The van der Waals surface area contributed by atoms with E-state index in [1.54, 1.807) is 44.3 Å². The van der Waals surface area contributed by atoms with E-state index < -0.39 is 5.97 Å². The van der Waals surface area contributed by atoms with Gasteiger partial charge in [-0.15, -0.1) is 0 Å². The fourth-order valence-corrected chi connectivity index (χ4v) is 3.42. The second-order valence-corrected chi connectivity index (χ2v) is 8.47. The van der Waals surface area contributed by atoms with Crippen LogP contribution >= 0.6 is 15.9 Å². The van der Waals surface area contributed by atoms with Crippen molar-refractivity contribution in [3.05, 3.63) is 68.7 Å². The van der Waals surface area contributed by atoms with Gasteiger partial charge in [-0.05, 0) is 56.2 Å². The molecule has 0 saturated heterocycles. The number of rotatable bonds is 9. The molecule has 0 spiro atoms. The van der Waals surface area contributed by atoms with Crippen LogP contribution in [0.1, 0.15) is 45.0 Å². The van der Waals surface area contributed by atoms with Crippen LogP contribution in [0, 0.1) is 0 Å². The average molecular weight is 500 g/mol. The highest BCUT2D eigenvalue weighted by Crippen LogP contribution is 2.17. The van der Waals surface area contributed by atoms with Crippen LogP contribution in [0.5, 0.6) is 5.75 Å². The zero-order valence-electron chi connectivity index (χ0n) is 18.4. The SMILES string of the molecule is CCCCc1nc2ccc(Br)cc2c(=O)n1N=Cc1cccc(OCC(=O)OC(C)C)c1. The second kappa shape index (κ2) is 11.0. The summed E-state index contributed by atoms with van der Waals surface area (Å²) >= 11 is 3.41. The topological polar surface area (TPSA) is 82.8 Å². The van der Waals surface area contributed by atoms with Gasteiger partial charge in [0.15, 0.2) is 6.61 Å². The number of aryl methyl sites for hydroxylation is 1. The van der Waals surface area contributed by atoms with Gasteiger partial charge in [0.2, 0.25) is 0 Å². The summed E-state index contributed by atoms with van der Waals surface area (Å²) in [7, 11) is 0. The predicted octanol–water partition coefficient (Wildman–Crippen LogP) is 4.71. The molecule has 0 saturated carbocycles. The van der Waals surface area contributed by atoms with Crippen molar-refractivity contribution in [1.29, 1.82) is 0 Å². The number of hydrogen-bond acceptors (Lipinski definition) is 6. The minimum Gasteiger partial charge on any atom is -0.482 e. The molecule has 0 aliphatic rings. The molecule has 0 unspecified atom stereocenters. The molecule has 0 fully saturated rings. The van der Waals surface area contributed by atoms with Gasteiger partial charge in [0.05, 0.1) is 23.2 Å². The Bertz CT molecular complexity index is 1190. The summed E-state index contributed by atoms with van der Waals surface area (Å²) in [6, 6.07) is 12.6. The number of carbonyl (C=O) groups excluding carboxylic acids is 1. The summed E-state index contributed by atoms with van der Waals surface area (Å²) in [5.41, 5.74) is 1.16. The van der Waals surface area contributed by atoms with Crippen molar-refractivity contribution in [3.63, 3.8) is 0 Å². The maximum absolute atomic E-state index is 13.1. The Morgan fingerprint density at radius 2 is 2.06 bits per heavy atom. The first-order valence-electron chi connectivity index (χ1n) is 10.5. The number of esters is 1. The Hall–Kier alpha value is -3.00. The Labute approximate surface area is 195 Å². The summed E-state index contributed by atoms with van der Waals surface area (Å²) in [4.78, 5) is 29.5. The zero-order valence-corrected chi connectivity index (χ0v) is 20.0. The van der Waals surface area contributed by atoms with E-state index in [9.17, 15) is 9.59 Å². The molecule has 0 amide bonds. The third kappa shape index (κ3) is 6.26. The Balaban J connectivity index is 1.88. The number of hydrogen-bond donors (Lipinski definition) is 0. The van der Waals surface area contributed by atoms with Crippen molar-refractivity contribution >= 4 is 39.0 Å². The van der Waals surface area contributed by atoms with Crippen molar-refractivity contribution in [2.75, 3.05) is 6.61 Å². The minimum absolute atomic E-state index is 0.178. The first-order valence-corrected chi connectivity index (χ1v) is 11.3. The van der Waals surface area contributed by atoms with Crippen LogP contribution in [0.25, 0.3) is 10.9 Å². The van der Waals surface area contributed by atoms with E-state index in [4.69, 9.17) is 9.47 Å². The highest BCUT2D eigenvalue weighted by atomic mass is 79.9. The van der Waals surface area contributed by atoms with Crippen LogP contribution in [0.2, 0.25) is 0 Å². The smallest absolute Gasteiger partial charge is 0.344 e. The summed E-state index contributed by atoms with van der Waals surface area (Å²) in [6.45, 7) is 5.48. The van der Waals surface area contributed by atoms with Crippen LogP contribution < -0.4 is 10.3 Å². The maximum atomic E-state index is 13.1. The Kier molecular flexibility index (Phi) is 8.16. The third-order valence-electron chi connectivity index (χ3n) is 4.53. The van der Waals surface area contributed by atoms with Gasteiger partial charge in [-0.3, -0.25) is 4.79 Å². The van der Waals surface area contributed by atoms with Crippen LogP contribution in [0.3, 0.4) is 0 Å². The number of halogens is 1. The molecule has 3 aromatic rings. The van der Waals surface area contributed by atoms with Crippen LogP contribution in [-0.2, 0) is 16.0 Å². The number of unbranched alkanes of at least 4 members (excludes halogenated alkanes) is 1. The number of carbonyl (C=O) groups is 1. The number of benzene rings is 2. The molecule has 0 atom stereocenters. The summed E-state index contributed by atoms with van der Waals surface area (Å²) < 4.78 is 12.7. The predicted molar refractivity (Wildman–Crippen MR) is 128 cm³/mol. The molecule has 0 bridgehead atoms. The Morgan fingerprint density at radius 3 is 2.81 bits per heavy atom. The molecule has 3 rings (SSSR count). The van der Waals surface area contributed by atoms with E-state index in [2.05, 4.69) is 32.9 Å². The van der Waals surface area contributed by atoms with Gasteiger partial charge in [0.1, 0.15) is 11.6 Å². The first-order chi connectivity index (χ1) is 15.4. The van der Waals surface area contributed by atoms with Crippen molar-refractivity contribution in [2.45, 2.75) is 46.1 Å². The molecule has 1 aromatic heterocycles. The molecule has 0 aliphatic carbocycles. The van der Waals surface area contributed by atoms with E-state index in [0.717, 1.165) is 22.9 Å². The molecule has 2 aromatic carbocycles. The first kappa shape index (κ1) is 23.7. The van der Waals surface area contributed by atoms with Gasteiger partial charge in [0.25, 0.3) is 5.56 Å². The summed E-state index contributed by atoms with van der Waals surface area (Å²) in [5, 5.41) is 4.94. The fraction of sp³-hybridized carbons (Fsp3) is 0.333. The molecule has 8 heteroatoms. The monoisotopic (exact) mass is 499 g/mol. The van der Waals surface area contributed by atoms with E-state index in [1.807, 2.05) is 18.2 Å². The van der Waals surface area contributed by atoms with Crippen molar-refractivity contribution in [2.24, 2.45) is 5.10 Å². The van der Waals surface area contributed by atoms with Crippen molar-refractivity contribution in [1.82, 2.24) is 9.66 Å².